The van der Waals surface area contributed by atoms with E-state index in [1.165, 1.54) is 17.5 Å². The molecule has 2 aromatic heterocycles. The minimum Gasteiger partial charge on any atom is -0.318 e. The maximum absolute atomic E-state index is 12.4. The summed E-state index contributed by atoms with van der Waals surface area (Å²) < 4.78 is 28.5. The zero-order valence-corrected chi connectivity index (χ0v) is 13.3. The van der Waals surface area contributed by atoms with Crippen LogP contribution in [-0.2, 0) is 23.0 Å². The third-order valence-corrected chi connectivity index (χ3v) is 6.06. The fraction of sp³-hybridized carbons (Fsp3) is 0.385. The van der Waals surface area contributed by atoms with Gasteiger partial charge in [0, 0.05) is 23.2 Å². The molecule has 0 bridgehead atoms. The highest BCUT2D eigenvalue weighted by molar-refractivity contribution is 7.90. The fourth-order valence-electron chi connectivity index (χ4n) is 2.41. The largest absolute Gasteiger partial charge is 0.318 e. The van der Waals surface area contributed by atoms with Gasteiger partial charge in [0.05, 0.1) is 11.8 Å². The molecule has 0 spiro atoms. The molecule has 0 aliphatic carbocycles. The van der Waals surface area contributed by atoms with Crippen molar-refractivity contribution < 1.29 is 13.2 Å². The highest BCUT2D eigenvalue weighted by atomic mass is 32.2. The Morgan fingerprint density at radius 1 is 1.43 bits per heavy atom. The van der Waals surface area contributed by atoms with Gasteiger partial charge in [-0.05, 0) is 25.8 Å². The van der Waals surface area contributed by atoms with Gasteiger partial charge in [-0.15, -0.1) is 11.3 Å². The molecule has 1 amide bonds. The number of aromatic nitrogens is 2. The van der Waals surface area contributed by atoms with E-state index in [9.17, 15) is 13.2 Å². The lowest BCUT2D eigenvalue weighted by atomic mass is 10.2. The standard InChI is InChI=1S/C13H15N3O3S2/c1-8-9(2)20-7-10(8)13(17)15-21(18,19)12-6-14-11-4-3-5-16(11)12/h6-7H,3-5H2,1-2H3,(H,15,17). The van der Waals surface area contributed by atoms with Gasteiger partial charge in [0.15, 0.2) is 5.03 Å². The first-order chi connectivity index (χ1) is 9.90. The molecular weight excluding hydrogens is 310 g/mol. The highest BCUT2D eigenvalue weighted by Gasteiger charge is 2.27. The van der Waals surface area contributed by atoms with Crippen molar-refractivity contribution in [1.29, 1.82) is 0 Å². The molecular formula is C13H15N3O3S2. The van der Waals surface area contributed by atoms with Crippen LogP contribution >= 0.6 is 11.3 Å². The van der Waals surface area contributed by atoms with Crippen molar-refractivity contribution >= 4 is 27.3 Å². The number of fused-ring (bicyclic) bond motifs is 1. The van der Waals surface area contributed by atoms with Gasteiger partial charge in [-0.25, -0.2) is 9.71 Å². The lowest BCUT2D eigenvalue weighted by Gasteiger charge is -2.08. The summed E-state index contributed by atoms with van der Waals surface area (Å²) in [7, 11) is -3.89. The van der Waals surface area contributed by atoms with Crippen LogP contribution in [0.25, 0.3) is 0 Å². The number of nitrogens with zero attached hydrogens (tertiary/aromatic N) is 2. The first kappa shape index (κ1) is 14.3. The molecule has 1 aliphatic heterocycles. The number of carbonyl (C=O) groups is 1. The monoisotopic (exact) mass is 325 g/mol. The molecule has 1 aliphatic rings. The maximum Gasteiger partial charge on any atom is 0.281 e. The highest BCUT2D eigenvalue weighted by Crippen LogP contribution is 2.22. The summed E-state index contributed by atoms with van der Waals surface area (Å²) in [5.74, 6) is 0.163. The summed E-state index contributed by atoms with van der Waals surface area (Å²) in [5.41, 5.74) is 1.22. The molecule has 2 aromatic rings. The lowest BCUT2D eigenvalue weighted by Crippen LogP contribution is -2.32. The van der Waals surface area contributed by atoms with Crippen molar-refractivity contribution in [3.05, 3.63) is 33.4 Å². The number of aryl methyl sites for hydroxylation is 2. The number of hydrogen-bond donors (Lipinski definition) is 1. The van der Waals surface area contributed by atoms with E-state index >= 15 is 0 Å². The average Bonchev–Trinajstić information content (AvgIpc) is 3.05. The molecule has 3 rings (SSSR count). The summed E-state index contributed by atoms with van der Waals surface area (Å²) in [5, 5.41) is 1.74. The van der Waals surface area contributed by atoms with Crippen LogP contribution in [0.5, 0.6) is 0 Å². The van der Waals surface area contributed by atoms with Gasteiger partial charge < -0.3 is 4.57 Å². The Hall–Kier alpha value is -1.67. The van der Waals surface area contributed by atoms with Crippen molar-refractivity contribution in [3.63, 3.8) is 0 Å². The molecule has 21 heavy (non-hydrogen) atoms. The zero-order chi connectivity index (χ0) is 15.2. The Labute approximate surface area is 126 Å². The van der Waals surface area contributed by atoms with E-state index in [4.69, 9.17) is 0 Å². The van der Waals surface area contributed by atoms with E-state index in [0.717, 1.165) is 29.1 Å². The molecule has 0 fully saturated rings. The third-order valence-electron chi connectivity index (χ3n) is 3.72. The Kier molecular flexibility index (Phi) is 3.37. The minimum atomic E-state index is -3.89. The first-order valence-electron chi connectivity index (χ1n) is 6.56. The SMILES string of the molecule is Cc1scc(C(=O)NS(=O)(=O)c2cnc3n2CCC3)c1C. The molecule has 0 saturated heterocycles. The number of imidazole rings is 1. The van der Waals surface area contributed by atoms with Gasteiger partial charge >= 0.3 is 0 Å². The zero-order valence-electron chi connectivity index (χ0n) is 11.7. The van der Waals surface area contributed by atoms with Crippen LogP contribution < -0.4 is 4.72 Å². The number of sulfonamides is 1. The second kappa shape index (κ2) is 4.96. The van der Waals surface area contributed by atoms with Crippen molar-refractivity contribution in [2.45, 2.75) is 38.3 Å². The second-order valence-corrected chi connectivity index (χ2v) is 7.75. The molecule has 0 atom stereocenters. The van der Waals surface area contributed by atoms with E-state index in [0.29, 0.717) is 12.1 Å². The molecule has 0 saturated carbocycles. The van der Waals surface area contributed by atoms with Gasteiger partial charge in [0.2, 0.25) is 0 Å². The summed E-state index contributed by atoms with van der Waals surface area (Å²) in [6.07, 6.45) is 2.96. The fourth-order valence-corrected chi connectivity index (χ4v) is 4.41. The number of nitrogens with one attached hydrogen (secondary N) is 1. The molecule has 6 nitrogen and oxygen atoms in total. The Morgan fingerprint density at radius 2 is 2.19 bits per heavy atom. The summed E-state index contributed by atoms with van der Waals surface area (Å²) in [6, 6.07) is 0. The molecule has 0 radical (unpaired) electrons. The van der Waals surface area contributed by atoms with E-state index in [2.05, 4.69) is 9.71 Å². The van der Waals surface area contributed by atoms with Gasteiger partial charge in [-0.2, -0.15) is 8.42 Å². The number of amides is 1. The molecule has 112 valence electrons. The summed E-state index contributed by atoms with van der Waals surface area (Å²) in [6.45, 7) is 4.33. The number of carbonyl (C=O) groups excluding carboxylic acids is 1. The Morgan fingerprint density at radius 3 is 2.86 bits per heavy atom. The molecule has 8 heteroatoms. The summed E-state index contributed by atoms with van der Waals surface area (Å²) >= 11 is 1.43. The van der Waals surface area contributed by atoms with E-state index in [1.54, 1.807) is 9.95 Å². The van der Waals surface area contributed by atoms with E-state index in [-0.39, 0.29) is 5.03 Å². The van der Waals surface area contributed by atoms with Crippen LogP contribution in [0, 0.1) is 13.8 Å². The van der Waals surface area contributed by atoms with Crippen LogP contribution in [0.2, 0.25) is 0 Å². The van der Waals surface area contributed by atoms with Crippen LogP contribution in [0.3, 0.4) is 0 Å². The Bertz CT molecular complexity index is 818. The van der Waals surface area contributed by atoms with Crippen molar-refractivity contribution in [1.82, 2.24) is 14.3 Å². The summed E-state index contributed by atoms with van der Waals surface area (Å²) in [4.78, 5) is 17.3. The minimum absolute atomic E-state index is 0.0629. The average molecular weight is 325 g/mol. The predicted molar refractivity (Wildman–Crippen MR) is 79.0 cm³/mol. The molecule has 1 N–H and O–H groups in total. The topological polar surface area (TPSA) is 81.1 Å². The third kappa shape index (κ3) is 2.38. The van der Waals surface area contributed by atoms with Crippen LogP contribution in [0.15, 0.2) is 16.6 Å². The van der Waals surface area contributed by atoms with Gasteiger partial charge in [0.1, 0.15) is 5.82 Å². The predicted octanol–water partition coefficient (Wildman–Crippen LogP) is 1.63. The smallest absolute Gasteiger partial charge is 0.281 e. The molecule has 0 aromatic carbocycles. The number of thiophene rings is 1. The quantitative estimate of drug-likeness (QED) is 0.930. The number of hydrogen-bond acceptors (Lipinski definition) is 5. The van der Waals surface area contributed by atoms with Crippen molar-refractivity contribution in [3.8, 4) is 0 Å². The van der Waals surface area contributed by atoms with Crippen molar-refractivity contribution in [2.24, 2.45) is 0 Å². The van der Waals surface area contributed by atoms with E-state index < -0.39 is 15.9 Å². The van der Waals surface area contributed by atoms with Crippen LogP contribution in [0.4, 0.5) is 0 Å². The number of rotatable bonds is 3. The van der Waals surface area contributed by atoms with E-state index in [1.807, 2.05) is 13.8 Å². The Balaban J connectivity index is 1.90. The normalized spacial score (nSPS) is 14.2. The van der Waals surface area contributed by atoms with Gasteiger partial charge in [-0.1, -0.05) is 0 Å². The van der Waals surface area contributed by atoms with Crippen molar-refractivity contribution in [2.75, 3.05) is 0 Å². The first-order valence-corrected chi connectivity index (χ1v) is 8.92. The molecule has 0 unspecified atom stereocenters. The van der Waals surface area contributed by atoms with Crippen LogP contribution in [-0.4, -0.2) is 23.9 Å². The van der Waals surface area contributed by atoms with Gasteiger partial charge in [-0.3, -0.25) is 4.79 Å². The van der Waals surface area contributed by atoms with Gasteiger partial charge in [0.25, 0.3) is 15.9 Å². The second-order valence-electron chi connectivity index (χ2n) is 5.03. The molecule has 3 heterocycles. The van der Waals surface area contributed by atoms with Crippen LogP contribution in [0.1, 0.15) is 33.0 Å². The maximum atomic E-state index is 12.4. The lowest BCUT2D eigenvalue weighted by molar-refractivity contribution is 0.0981.